The van der Waals surface area contributed by atoms with Crippen molar-refractivity contribution < 1.29 is 19.1 Å². The van der Waals surface area contributed by atoms with Gasteiger partial charge in [0.2, 0.25) is 5.91 Å². The normalized spacial score (nSPS) is 11.8. The minimum Gasteiger partial charge on any atom is -0.483 e. The van der Waals surface area contributed by atoms with Crippen LogP contribution in [0.15, 0.2) is 29.4 Å². The number of benzene rings is 1. The third kappa shape index (κ3) is 5.75. The molecule has 0 aliphatic heterocycles. The highest BCUT2D eigenvalue weighted by molar-refractivity contribution is 7.99. The molecule has 10 heteroatoms. The number of anilines is 1. The first-order valence-electron chi connectivity index (χ1n) is 10.5. The molecule has 0 bridgehead atoms. The van der Waals surface area contributed by atoms with Gasteiger partial charge in [-0.05, 0) is 57.9 Å². The first kappa shape index (κ1) is 24.8. The highest BCUT2D eigenvalue weighted by Gasteiger charge is 2.23. The second-order valence-electron chi connectivity index (χ2n) is 7.48. The van der Waals surface area contributed by atoms with E-state index in [0.717, 1.165) is 21.8 Å². The van der Waals surface area contributed by atoms with Gasteiger partial charge in [0.15, 0.2) is 17.1 Å². The quantitative estimate of drug-likeness (QED) is 0.337. The largest absolute Gasteiger partial charge is 0.483 e. The molecular weight excluding hydrogens is 460 g/mol. The van der Waals surface area contributed by atoms with Crippen LogP contribution in [0.5, 0.6) is 5.75 Å². The Bertz CT molecular complexity index is 1160. The Hall–Kier alpha value is -2.85. The number of amides is 1. The zero-order valence-electron chi connectivity index (χ0n) is 19.6. The van der Waals surface area contributed by atoms with Gasteiger partial charge in [0, 0.05) is 11.4 Å². The van der Waals surface area contributed by atoms with Crippen LogP contribution in [0.1, 0.15) is 52.1 Å². The number of methoxy groups -OCH3 is 1. The van der Waals surface area contributed by atoms with Gasteiger partial charge < -0.3 is 19.4 Å². The lowest BCUT2D eigenvalue weighted by Gasteiger charge is -2.16. The monoisotopic (exact) mass is 488 g/mol. The number of carbonyl (C=O) groups is 2. The molecule has 3 aromatic rings. The van der Waals surface area contributed by atoms with E-state index in [4.69, 9.17) is 9.47 Å². The minimum atomic E-state index is -0.460. The first-order valence-corrected chi connectivity index (χ1v) is 12.3. The van der Waals surface area contributed by atoms with Gasteiger partial charge in [0.05, 0.1) is 18.4 Å². The number of thioether (sulfide) groups is 1. The Morgan fingerprint density at radius 3 is 2.67 bits per heavy atom. The van der Waals surface area contributed by atoms with Crippen molar-refractivity contribution >= 4 is 40.0 Å². The van der Waals surface area contributed by atoms with E-state index < -0.39 is 5.97 Å². The Labute approximate surface area is 201 Å². The van der Waals surface area contributed by atoms with Crippen molar-refractivity contribution in [1.82, 2.24) is 14.8 Å². The molecule has 0 aliphatic rings. The van der Waals surface area contributed by atoms with Crippen molar-refractivity contribution in [2.45, 2.75) is 52.4 Å². The molecule has 8 nitrogen and oxygen atoms in total. The van der Waals surface area contributed by atoms with E-state index in [9.17, 15) is 9.59 Å². The van der Waals surface area contributed by atoms with E-state index in [1.807, 2.05) is 63.5 Å². The smallest absolute Gasteiger partial charge is 0.341 e. The molecule has 33 heavy (non-hydrogen) atoms. The Morgan fingerprint density at radius 2 is 2.00 bits per heavy atom. The third-order valence-electron chi connectivity index (χ3n) is 5.09. The second kappa shape index (κ2) is 10.8. The van der Waals surface area contributed by atoms with Crippen LogP contribution in [0, 0.1) is 20.8 Å². The standard InChI is InChI=1S/C23H28N4O4S2/c1-7-27-20(15(4)31-17-10-8-9-13(2)11-17)25-26-23(27)32-12-18(28)24-21-19(22(29)30-6)14(3)16(5)33-21/h8-11,15H,7,12H2,1-6H3,(H,24,28). The van der Waals surface area contributed by atoms with Crippen LogP contribution in [0.3, 0.4) is 0 Å². The molecule has 2 heterocycles. The molecule has 0 saturated heterocycles. The maximum Gasteiger partial charge on any atom is 0.341 e. The topological polar surface area (TPSA) is 95.3 Å². The number of rotatable bonds is 9. The zero-order valence-corrected chi connectivity index (χ0v) is 21.2. The average Bonchev–Trinajstić information content (AvgIpc) is 3.32. The predicted molar refractivity (Wildman–Crippen MR) is 130 cm³/mol. The number of hydrogen-bond donors (Lipinski definition) is 1. The van der Waals surface area contributed by atoms with Crippen LogP contribution in [0.25, 0.3) is 0 Å². The molecule has 2 aromatic heterocycles. The van der Waals surface area contributed by atoms with Gasteiger partial charge in [-0.3, -0.25) is 4.79 Å². The molecule has 1 unspecified atom stereocenters. The van der Waals surface area contributed by atoms with Gasteiger partial charge in [-0.2, -0.15) is 0 Å². The summed E-state index contributed by atoms with van der Waals surface area (Å²) in [6.07, 6.45) is -0.304. The summed E-state index contributed by atoms with van der Waals surface area (Å²) in [6.45, 7) is 10.3. The second-order valence-corrected chi connectivity index (χ2v) is 9.64. The molecule has 0 spiro atoms. The lowest BCUT2D eigenvalue weighted by molar-refractivity contribution is -0.113. The molecule has 176 valence electrons. The molecule has 1 amide bonds. The van der Waals surface area contributed by atoms with Gasteiger partial charge >= 0.3 is 5.97 Å². The van der Waals surface area contributed by atoms with E-state index in [1.54, 1.807) is 0 Å². The van der Waals surface area contributed by atoms with Gasteiger partial charge in [0.1, 0.15) is 10.8 Å². The van der Waals surface area contributed by atoms with E-state index in [2.05, 4.69) is 15.5 Å². The average molecular weight is 489 g/mol. The molecule has 0 aliphatic carbocycles. The summed E-state index contributed by atoms with van der Waals surface area (Å²) in [5, 5.41) is 12.5. The highest BCUT2D eigenvalue weighted by Crippen LogP contribution is 2.33. The summed E-state index contributed by atoms with van der Waals surface area (Å²) >= 11 is 2.65. The van der Waals surface area contributed by atoms with Crippen molar-refractivity contribution in [2.75, 3.05) is 18.2 Å². The van der Waals surface area contributed by atoms with E-state index in [0.29, 0.717) is 28.1 Å². The van der Waals surface area contributed by atoms with Crippen LogP contribution < -0.4 is 10.1 Å². The molecule has 0 saturated carbocycles. The minimum absolute atomic E-state index is 0.127. The number of carbonyl (C=O) groups excluding carboxylic acids is 2. The summed E-state index contributed by atoms with van der Waals surface area (Å²) in [5.74, 6) is 0.895. The number of nitrogens with one attached hydrogen (secondary N) is 1. The first-order chi connectivity index (χ1) is 15.7. The Morgan fingerprint density at radius 1 is 1.24 bits per heavy atom. The molecule has 1 aromatic carbocycles. The van der Waals surface area contributed by atoms with Crippen molar-refractivity contribution in [3.05, 3.63) is 51.7 Å². The lowest BCUT2D eigenvalue weighted by atomic mass is 10.1. The van der Waals surface area contributed by atoms with Crippen molar-refractivity contribution in [1.29, 1.82) is 0 Å². The van der Waals surface area contributed by atoms with E-state index in [-0.39, 0.29) is 17.8 Å². The molecule has 3 rings (SSSR count). The summed E-state index contributed by atoms with van der Waals surface area (Å²) in [4.78, 5) is 25.7. The molecule has 0 radical (unpaired) electrons. The fourth-order valence-corrected chi connectivity index (χ4v) is 5.18. The fourth-order valence-electron chi connectivity index (χ4n) is 3.31. The SMILES string of the molecule is CCn1c(SCC(=O)Nc2sc(C)c(C)c2C(=O)OC)nnc1C(C)Oc1cccc(C)c1. The summed E-state index contributed by atoms with van der Waals surface area (Å²) in [5.41, 5.74) is 2.33. The number of hydrogen-bond acceptors (Lipinski definition) is 8. The highest BCUT2D eigenvalue weighted by atomic mass is 32.2. The van der Waals surface area contributed by atoms with E-state index >= 15 is 0 Å². The van der Waals surface area contributed by atoms with Crippen LogP contribution in [0.4, 0.5) is 5.00 Å². The number of esters is 1. The van der Waals surface area contributed by atoms with Crippen LogP contribution >= 0.6 is 23.1 Å². The molecular formula is C23H28N4O4S2. The predicted octanol–water partition coefficient (Wildman–Crippen LogP) is 4.94. The number of ether oxygens (including phenoxy) is 2. The summed E-state index contributed by atoms with van der Waals surface area (Å²) in [6, 6.07) is 7.84. The molecule has 1 atom stereocenters. The van der Waals surface area contributed by atoms with Crippen molar-refractivity contribution in [3.8, 4) is 5.75 Å². The van der Waals surface area contributed by atoms with Crippen LogP contribution in [0.2, 0.25) is 0 Å². The van der Waals surface area contributed by atoms with Gasteiger partial charge in [-0.15, -0.1) is 21.5 Å². The number of nitrogens with zero attached hydrogens (tertiary/aromatic N) is 3. The lowest BCUT2D eigenvalue weighted by Crippen LogP contribution is -2.17. The van der Waals surface area contributed by atoms with Gasteiger partial charge in [0.25, 0.3) is 0 Å². The maximum atomic E-state index is 12.6. The third-order valence-corrected chi connectivity index (χ3v) is 7.18. The van der Waals surface area contributed by atoms with Crippen molar-refractivity contribution in [2.24, 2.45) is 0 Å². The Kier molecular flexibility index (Phi) is 8.15. The number of aryl methyl sites for hydroxylation is 2. The van der Waals surface area contributed by atoms with Crippen molar-refractivity contribution in [3.63, 3.8) is 0 Å². The van der Waals surface area contributed by atoms with Gasteiger partial charge in [-0.1, -0.05) is 23.9 Å². The summed E-state index contributed by atoms with van der Waals surface area (Å²) < 4.78 is 12.9. The van der Waals surface area contributed by atoms with Gasteiger partial charge in [-0.25, -0.2) is 4.79 Å². The molecule has 1 N–H and O–H groups in total. The fraction of sp³-hybridized carbons (Fsp3) is 0.391. The van der Waals surface area contributed by atoms with E-state index in [1.165, 1.54) is 30.2 Å². The number of thiophene rings is 1. The zero-order chi connectivity index (χ0) is 24.1. The van der Waals surface area contributed by atoms with Crippen LogP contribution in [-0.2, 0) is 16.1 Å². The Balaban J connectivity index is 1.67. The molecule has 0 fully saturated rings. The van der Waals surface area contributed by atoms with Crippen LogP contribution in [-0.4, -0.2) is 39.5 Å². The number of aromatic nitrogens is 3. The maximum absolute atomic E-state index is 12.6. The summed E-state index contributed by atoms with van der Waals surface area (Å²) in [7, 11) is 1.33.